The lowest BCUT2D eigenvalue weighted by Crippen LogP contribution is -2.34. The van der Waals surface area contributed by atoms with E-state index in [4.69, 9.17) is 4.74 Å². The Balaban J connectivity index is 1.74. The molecule has 1 N–H and O–H groups in total. The topological polar surface area (TPSA) is 41.6 Å². The number of nitrogens with zero attached hydrogens (tertiary/aromatic N) is 1. The Labute approximate surface area is 137 Å². The largest absolute Gasteiger partial charge is 0.497 e. The number of amides is 2. The SMILES string of the molecule is COc1cccc(NC(=O)N2CCC[C@@H]2c2ccc(C)cc2)c1. The highest BCUT2D eigenvalue weighted by Crippen LogP contribution is 2.32. The smallest absolute Gasteiger partial charge is 0.322 e. The zero-order chi connectivity index (χ0) is 16.2. The van der Waals surface area contributed by atoms with Crippen LogP contribution in [0, 0.1) is 6.92 Å². The van der Waals surface area contributed by atoms with Gasteiger partial charge in [-0.2, -0.15) is 0 Å². The third-order valence-electron chi connectivity index (χ3n) is 4.30. The molecule has 1 aliphatic heterocycles. The fourth-order valence-electron chi connectivity index (χ4n) is 3.04. The summed E-state index contributed by atoms with van der Waals surface area (Å²) in [5.41, 5.74) is 3.19. The molecule has 0 spiro atoms. The number of benzene rings is 2. The van der Waals surface area contributed by atoms with Gasteiger partial charge in [0.05, 0.1) is 13.2 Å². The fourth-order valence-corrected chi connectivity index (χ4v) is 3.04. The van der Waals surface area contributed by atoms with Crippen molar-refractivity contribution in [2.45, 2.75) is 25.8 Å². The summed E-state index contributed by atoms with van der Waals surface area (Å²) in [4.78, 5) is 14.6. The van der Waals surface area contributed by atoms with E-state index in [-0.39, 0.29) is 12.1 Å². The number of hydrogen-bond donors (Lipinski definition) is 1. The van der Waals surface area contributed by atoms with E-state index in [1.165, 1.54) is 11.1 Å². The molecule has 0 bridgehead atoms. The molecule has 3 rings (SSSR count). The van der Waals surface area contributed by atoms with Crippen LogP contribution in [0.15, 0.2) is 48.5 Å². The first-order valence-corrected chi connectivity index (χ1v) is 7.95. The second kappa shape index (κ2) is 6.73. The van der Waals surface area contributed by atoms with E-state index in [1.54, 1.807) is 7.11 Å². The van der Waals surface area contributed by atoms with Crippen molar-refractivity contribution in [3.63, 3.8) is 0 Å². The Morgan fingerprint density at radius 3 is 2.74 bits per heavy atom. The number of likely N-dealkylation sites (tertiary alicyclic amines) is 1. The molecule has 23 heavy (non-hydrogen) atoms. The maximum Gasteiger partial charge on any atom is 0.322 e. The summed E-state index contributed by atoms with van der Waals surface area (Å²) >= 11 is 0. The summed E-state index contributed by atoms with van der Waals surface area (Å²) in [6.45, 7) is 2.86. The molecule has 1 saturated heterocycles. The number of nitrogens with one attached hydrogen (secondary N) is 1. The van der Waals surface area contributed by atoms with Crippen molar-refractivity contribution in [2.24, 2.45) is 0 Å². The van der Waals surface area contributed by atoms with Crippen molar-refractivity contribution in [3.8, 4) is 5.75 Å². The second-order valence-electron chi connectivity index (χ2n) is 5.92. The van der Waals surface area contributed by atoms with Crippen LogP contribution in [0.5, 0.6) is 5.75 Å². The van der Waals surface area contributed by atoms with Gasteiger partial charge in [0.2, 0.25) is 0 Å². The minimum absolute atomic E-state index is 0.0543. The molecule has 1 heterocycles. The molecular formula is C19H22N2O2. The standard InChI is InChI=1S/C19H22N2O2/c1-14-8-10-15(11-9-14)18-7-4-12-21(18)19(22)20-16-5-3-6-17(13-16)23-2/h3,5-6,8-11,13,18H,4,7,12H2,1-2H3,(H,20,22)/t18-/m1/s1. The predicted octanol–water partition coefficient (Wildman–Crippen LogP) is 4.37. The van der Waals surface area contributed by atoms with E-state index >= 15 is 0 Å². The maximum absolute atomic E-state index is 12.6. The van der Waals surface area contributed by atoms with Crippen LogP contribution in [-0.4, -0.2) is 24.6 Å². The molecule has 4 nitrogen and oxygen atoms in total. The predicted molar refractivity (Wildman–Crippen MR) is 91.9 cm³/mol. The normalized spacial score (nSPS) is 17.1. The van der Waals surface area contributed by atoms with E-state index in [0.29, 0.717) is 0 Å². The summed E-state index contributed by atoms with van der Waals surface area (Å²) in [5, 5.41) is 2.98. The number of carbonyl (C=O) groups excluding carboxylic acids is 1. The number of methoxy groups -OCH3 is 1. The number of urea groups is 1. The summed E-state index contributed by atoms with van der Waals surface area (Å²) in [5.74, 6) is 0.735. The minimum Gasteiger partial charge on any atom is -0.497 e. The number of carbonyl (C=O) groups is 1. The maximum atomic E-state index is 12.6. The van der Waals surface area contributed by atoms with Gasteiger partial charge in [0.15, 0.2) is 0 Å². The molecule has 1 atom stereocenters. The number of anilines is 1. The quantitative estimate of drug-likeness (QED) is 0.914. The molecule has 0 radical (unpaired) electrons. The van der Waals surface area contributed by atoms with Crippen LogP contribution in [0.3, 0.4) is 0 Å². The number of rotatable bonds is 3. The highest BCUT2D eigenvalue weighted by molar-refractivity contribution is 5.90. The molecule has 0 saturated carbocycles. The zero-order valence-corrected chi connectivity index (χ0v) is 13.6. The van der Waals surface area contributed by atoms with Crippen LogP contribution in [0.4, 0.5) is 10.5 Å². The molecule has 0 aliphatic carbocycles. The third kappa shape index (κ3) is 3.47. The van der Waals surface area contributed by atoms with Gasteiger partial charge in [0.25, 0.3) is 0 Å². The van der Waals surface area contributed by atoms with Crippen molar-refractivity contribution in [3.05, 3.63) is 59.7 Å². The summed E-state index contributed by atoms with van der Waals surface area (Å²) in [6.07, 6.45) is 2.04. The van der Waals surface area contributed by atoms with Gasteiger partial charge >= 0.3 is 6.03 Å². The molecule has 2 aromatic carbocycles. The van der Waals surface area contributed by atoms with Gasteiger partial charge < -0.3 is 15.0 Å². The first kappa shape index (κ1) is 15.4. The van der Waals surface area contributed by atoms with Gasteiger partial charge in [-0.3, -0.25) is 0 Å². The van der Waals surface area contributed by atoms with E-state index in [0.717, 1.165) is 30.8 Å². The lowest BCUT2D eigenvalue weighted by atomic mass is 10.0. The molecule has 1 aliphatic rings. The van der Waals surface area contributed by atoms with Crippen LogP contribution in [0.2, 0.25) is 0 Å². The van der Waals surface area contributed by atoms with E-state index in [2.05, 4.69) is 36.5 Å². The lowest BCUT2D eigenvalue weighted by Gasteiger charge is -2.25. The van der Waals surface area contributed by atoms with Crippen LogP contribution in [0.1, 0.15) is 30.0 Å². The lowest BCUT2D eigenvalue weighted by molar-refractivity contribution is 0.207. The Hall–Kier alpha value is -2.49. The van der Waals surface area contributed by atoms with Crippen molar-refractivity contribution in [1.29, 1.82) is 0 Å². The van der Waals surface area contributed by atoms with Crippen molar-refractivity contribution < 1.29 is 9.53 Å². The fraction of sp³-hybridized carbons (Fsp3) is 0.316. The number of ether oxygens (including phenoxy) is 1. The average molecular weight is 310 g/mol. The summed E-state index contributed by atoms with van der Waals surface area (Å²) < 4.78 is 5.20. The Morgan fingerprint density at radius 1 is 1.22 bits per heavy atom. The molecule has 120 valence electrons. The van der Waals surface area contributed by atoms with Gasteiger partial charge in [0.1, 0.15) is 5.75 Å². The second-order valence-corrected chi connectivity index (χ2v) is 5.92. The third-order valence-corrected chi connectivity index (χ3v) is 4.30. The zero-order valence-electron chi connectivity index (χ0n) is 13.6. The highest BCUT2D eigenvalue weighted by atomic mass is 16.5. The monoisotopic (exact) mass is 310 g/mol. The van der Waals surface area contributed by atoms with Crippen molar-refractivity contribution in [2.75, 3.05) is 19.0 Å². The molecule has 2 aromatic rings. The van der Waals surface area contributed by atoms with Gasteiger partial charge in [-0.1, -0.05) is 35.9 Å². The van der Waals surface area contributed by atoms with E-state index < -0.39 is 0 Å². The van der Waals surface area contributed by atoms with Gasteiger partial charge in [-0.25, -0.2) is 4.79 Å². The Kier molecular flexibility index (Phi) is 4.51. The Bertz CT molecular complexity index is 682. The molecule has 2 amide bonds. The van der Waals surface area contributed by atoms with Gasteiger partial charge in [0, 0.05) is 18.3 Å². The van der Waals surface area contributed by atoms with Crippen LogP contribution < -0.4 is 10.1 Å². The molecular weight excluding hydrogens is 288 g/mol. The molecule has 1 fully saturated rings. The summed E-state index contributed by atoms with van der Waals surface area (Å²) in [7, 11) is 1.62. The molecule has 4 heteroatoms. The molecule has 0 unspecified atom stereocenters. The van der Waals surface area contributed by atoms with Crippen LogP contribution >= 0.6 is 0 Å². The first-order valence-electron chi connectivity index (χ1n) is 7.95. The van der Waals surface area contributed by atoms with Crippen LogP contribution in [-0.2, 0) is 0 Å². The highest BCUT2D eigenvalue weighted by Gasteiger charge is 2.29. The van der Waals surface area contributed by atoms with Gasteiger partial charge in [-0.05, 0) is 37.5 Å². The first-order chi connectivity index (χ1) is 11.2. The van der Waals surface area contributed by atoms with Crippen LogP contribution in [0.25, 0.3) is 0 Å². The van der Waals surface area contributed by atoms with Crippen molar-refractivity contribution in [1.82, 2.24) is 4.90 Å². The molecule has 0 aromatic heterocycles. The van der Waals surface area contributed by atoms with E-state index in [1.807, 2.05) is 29.2 Å². The average Bonchev–Trinajstić information content (AvgIpc) is 3.05. The number of hydrogen-bond acceptors (Lipinski definition) is 2. The number of aryl methyl sites for hydroxylation is 1. The Morgan fingerprint density at radius 2 is 2.00 bits per heavy atom. The van der Waals surface area contributed by atoms with Gasteiger partial charge in [-0.15, -0.1) is 0 Å². The minimum atomic E-state index is -0.0543. The van der Waals surface area contributed by atoms with Crippen molar-refractivity contribution >= 4 is 11.7 Å². The summed E-state index contributed by atoms with van der Waals surface area (Å²) in [6, 6.07) is 16.0. The van der Waals surface area contributed by atoms with E-state index in [9.17, 15) is 4.79 Å².